The quantitative estimate of drug-likeness (QED) is 0.695. The second kappa shape index (κ2) is 3.32. The van der Waals surface area contributed by atoms with Crippen LogP contribution in [0.15, 0.2) is 11.9 Å². The molecule has 2 heteroatoms. The number of hydrogen-bond donors (Lipinski definition) is 0. The van der Waals surface area contributed by atoms with E-state index in [-0.39, 0.29) is 11.3 Å². The van der Waals surface area contributed by atoms with Crippen molar-refractivity contribution in [2.24, 2.45) is 11.3 Å². The molecule has 0 aromatic heterocycles. The highest BCUT2D eigenvalue weighted by Crippen LogP contribution is 2.68. The largest absolute Gasteiger partial charge is 0.293 e. The molecule has 0 bridgehead atoms. The van der Waals surface area contributed by atoms with Crippen molar-refractivity contribution in [3.8, 4) is 0 Å². The average molecular weight is 225 g/mol. The minimum absolute atomic E-state index is 0.0328. The first-order valence-electron chi connectivity index (χ1n) is 7.43. The lowest BCUT2D eigenvalue weighted by Crippen LogP contribution is -2.45. The monoisotopic (exact) mass is 225 g/mol. The molecule has 1 saturated carbocycles. The van der Waals surface area contributed by atoms with E-state index in [2.05, 4.69) is 4.90 Å². The molecule has 0 amide bonds. The van der Waals surface area contributed by atoms with E-state index >= 15 is 0 Å². The van der Waals surface area contributed by atoms with E-state index in [1.165, 1.54) is 0 Å². The highest BCUT2D eigenvalue weighted by molar-refractivity contribution is 5.28. The van der Waals surface area contributed by atoms with E-state index in [0.29, 0.717) is 19.3 Å². The maximum atomic E-state index is 12.9. The normalized spacial score (nSPS) is 41.6. The van der Waals surface area contributed by atoms with E-state index in [9.17, 15) is 4.39 Å². The molecule has 2 heterocycles. The van der Waals surface area contributed by atoms with Gasteiger partial charge in [0.05, 0.1) is 6.33 Å². The average Bonchev–Trinajstić information content (AvgIpc) is 2.90. The summed E-state index contributed by atoms with van der Waals surface area (Å²) < 4.78 is 30.2. The summed E-state index contributed by atoms with van der Waals surface area (Å²) in [6.07, 6.45) is 3.40. The Morgan fingerprint density at radius 1 is 1.50 bits per heavy atom. The molecule has 3 rings (SSSR count). The highest BCUT2D eigenvalue weighted by atomic mass is 19.1. The Morgan fingerprint density at radius 3 is 2.81 bits per heavy atom. The molecule has 2 aliphatic heterocycles. The number of halogens is 1. The molecule has 1 spiro atoms. The summed E-state index contributed by atoms with van der Waals surface area (Å²) in [5, 5.41) is 0. The molecule has 1 atom stereocenters. The van der Waals surface area contributed by atoms with Gasteiger partial charge in [0.2, 0.25) is 0 Å². The Kier molecular flexibility index (Phi) is 1.80. The smallest absolute Gasteiger partial charge is 0.0872 e. The second-order valence-corrected chi connectivity index (χ2v) is 6.06. The van der Waals surface area contributed by atoms with Crippen LogP contribution in [0, 0.1) is 11.3 Å². The molecular weight excluding hydrogens is 201 g/mol. The van der Waals surface area contributed by atoms with E-state index in [1.54, 1.807) is 0 Å². The topological polar surface area (TPSA) is 3.24 Å². The zero-order chi connectivity index (χ0) is 13.2. The predicted molar refractivity (Wildman–Crippen MR) is 63.9 cm³/mol. The van der Waals surface area contributed by atoms with Crippen LogP contribution in [0.2, 0.25) is 0 Å². The van der Waals surface area contributed by atoms with Gasteiger partial charge >= 0.3 is 0 Å². The second-order valence-electron chi connectivity index (χ2n) is 6.06. The van der Waals surface area contributed by atoms with Crippen molar-refractivity contribution in [2.75, 3.05) is 13.1 Å². The molecule has 1 aliphatic carbocycles. The summed E-state index contributed by atoms with van der Waals surface area (Å²) in [7, 11) is 0. The summed E-state index contributed by atoms with van der Waals surface area (Å²) in [4.78, 5) is 2.24. The Labute approximate surface area is 101 Å². The van der Waals surface area contributed by atoms with E-state index < -0.39 is 11.9 Å². The van der Waals surface area contributed by atoms with Gasteiger partial charge in [-0.15, -0.1) is 0 Å². The summed E-state index contributed by atoms with van der Waals surface area (Å²) in [6, 6.07) is 0. The van der Waals surface area contributed by atoms with E-state index in [4.69, 9.17) is 2.74 Å². The molecule has 0 unspecified atom stereocenters. The van der Waals surface area contributed by atoms with Gasteiger partial charge < -0.3 is 0 Å². The molecular formula is C14H22FN. The Morgan fingerprint density at radius 2 is 2.25 bits per heavy atom. The minimum Gasteiger partial charge on any atom is -0.293 e. The van der Waals surface area contributed by atoms with Gasteiger partial charge in [0.1, 0.15) is 0 Å². The zero-order valence-electron chi connectivity index (χ0n) is 12.2. The maximum absolute atomic E-state index is 12.9. The lowest BCUT2D eigenvalue weighted by molar-refractivity contribution is 0.108. The number of nitrogens with zero attached hydrogens (tertiary/aromatic N) is 1. The van der Waals surface area contributed by atoms with Crippen molar-refractivity contribution >= 4 is 0 Å². The third-order valence-corrected chi connectivity index (χ3v) is 4.69. The van der Waals surface area contributed by atoms with Gasteiger partial charge in [-0.25, -0.2) is 4.39 Å². The lowest BCUT2D eigenvalue weighted by Gasteiger charge is -2.39. The third kappa shape index (κ3) is 1.25. The Hall–Kier alpha value is -0.370. The van der Waals surface area contributed by atoms with Crippen LogP contribution >= 0.6 is 0 Å². The van der Waals surface area contributed by atoms with Crippen LogP contribution in [0.4, 0.5) is 4.39 Å². The molecule has 0 aromatic carbocycles. The van der Waals surface area contributed by atoms with Crippen molar-refractivity contribution in [1.82, 2.24) is 4.90 Å². The number of rotatable bonds is 2. The summed E-state index contributed by atoms with van der Waals surface area (Å²) in [5.74, 6) is -0.0328. The van der Waals surface area contributed by atoms with Crippen molar-refractivity contribution in [2.45, 2.75) is 51.4 Å². The summed E-state index contributed by atoms with van der Waals surface area (Å²) in [6.45, 7) is 5.48. The summed E-state index contributed by atoms with van der Waals surface area (Å²) in [5.41, 5.74) is 0.475. The first-order valence-corrected chi connectivity index (χ1v) is 6.43. The van der Waals surface area contributed by atoms with Gasteiger partial charge in [-0.3, -0.25) is 4.90 Å². The standard InChI is InChI=1S/C14H22FN/c1-11(2)7-14-8-12(9-15)10-16(14)6-5-13(14)3-4-13/h9,11H,3-8,10H2,1-2H3/b12-9+/t14-/m1/s1/i7D2. The fourth-order valence-electron chi connectivity index (χ4n) is 3.89. The van der Waals surface area contributed by atoms with Crippen LogP contribution < -0.4 is 0 Å². The van der Waals surface area contributed by atoms with Gasteiger partial charge in [0, 0.05) is 14.8 Å². The van der Waals surface area contributed by atoms with Crippen LogP contribution in [-0.4, -0.2) is 23.5 Å². The first-order chi connectivity index (χ1) is 8.39. The minimum atomic E-state index is -1.25. The molecule has 90 valence electrons. The molecule has 3 aliphatic rings. The molecule has 0 aromatic rings. The predicted octanol–water partition coefficient (Wildman–Crippen LogP) is 3.51. The van der Waals surface area contributed by atoms with Gasteiger partial charge in [-0.2, -0.15) is 0 Å². The van der Waals surface area contributed by atoms with Crippen molar-refractivity contribution in [1.29, 1.82) is 0 Å². The Bertz CT molecular complexity index is 401. The van der Waals surface area contributed by atoms with Gasteiger partial charge in [-0.1, -0.05) is 13.8 Å². The first kappa shape index (κ1) is 8.68. The van der Waals surface area contributed by atoms with Crippen LogP contribution in [0.5, 0.6) is 0 Å². The van der Waals surface area contributed by atoms with Crippen LogP contribution in [0.3, 0.4) is 0 Å². The molecule has 2 saturated heterocycles. The molecule has 1 nitrogen and oxygen atoms in total. The summed E-state index contributed by atoms with van der Waals surface area (Å²) >= 11 is 0. The fourth-order valence-corrected chi connectivity index (χ4v) is 3.89. The van der Waals surface area contributed by atoms with Crippen molar-refractivity contribution < 1.29 is 7.13 Å². The van der Waals surface area contributed by atoms with Crippen molar-refractivity contribution in [3.63, 3.8) is 0 Å². The maximum Gasteiger partial charge on any atom is 0.0872 e. The Balaban J connectivity index is 2.09. The van der Waals surface area contributed by atoms with Gasteiger partial charge in [0.15, 0.2) is 0 Å². The van der Waals surface area contributed by atoms with Crippen LogP contribution in [0.1, 0.15) is 48.6 Å². The van der Waals surface area contributed by atoms with Crippen LogP contribution in [-0.2, 0) is 0 Å². The number of fused-ring (bicyclic) bond motifs is 2. The zero-order valence-corrected chi connectivity index (χ0v) is 10.2. The number of hydrogen-bond acceptors (Lipinski definition) is 1. The SMILES string of the molecule is [2H]C([2H])(C(C)C)[C@]12C/C(=C\F)CN1CCC21CC1. The van der Waals surface area contributed by atoms with Gasteiger partial charge in [0.25, 0.3) is 0 Å². The van der Waals surface area contributed by atoms with Gasteiger partial charge in [-0.05, 0) is 55.5 Å². The third-order valence-electron chi connectivity index (χ3n) is 4.69. The van der Waals surface area contributed by atoms with E-state index in [0.717, 1.165) is 31.4 Å². The fraction of sp³-hybridized carbons (Fsp3) is 0.857. The molecule has 0 radical (unpaired) electrons. The van der Waals surface area contributed by atoms with Crippen molar-refractivity contribution in [3.05, 3.63) is 11.9 Å². The molecule has 0 N–H and O–H groups in total. The highest BCUT2D eigenvalue weighted by Gasteiger charge is 2.66. The van der Waals surface area contributed by atoms with Crippen LogP contribution in [0.25, 0.3) is 0 Å². The molecule has 3 fully saturated rings. The lowest BCUT2D eigenvalue weighted by atomic mass is 9.74. The van der Waals surface area contributed by atoms with E-state index in [1.807, 2.05) is 13.8 Å². The molecule has 16 heavy (non-hydrogen) atoms.